The molecular formula is C59H110O6. The molecule has 0 aromatic rings. The maximum atomic E-state index is 12.8. The lowest BCUT2D eigenvalue weighted by atomic mass is 10.0. The standard InChI is InChI=1S/C59H110O6/c1-4-7-10-13-16-19-22-25-28-29-30-31-32-35-37-40-43-46-49-52-58(61)64-55-56(65-59(62)53-50-47-44-41-38-34-27-24-21-18-15-12-9-6-3)54-63-57(60)51-48-45-42-39-36-33-26-23-20-17-14-11-8-5-2/h15,18,24,27,56H,4-14,16-17,19-23,25-26,28-55H2,1-3H3/b18-15-,27-24-. The number of esters is 3. The van der Waals surface area contributed by atoms with Gasteiger partial charge in [0.15, 0.2) is 6.10 Å². The van der Waals surface area contributed by atoms with E-state index in [0.29, 0.717) is 19.3 Å². The van der Waals surface area contributed by atoms with Crippen LogP contribution in [-0.2, 0) is 28.6 Å². The van der Waals surface area contributed by atoms with Gasteiger partial charge in [0, 0.05) is 19.3 Å². The molecule has 0 aromatic heterocycles. The minimum Gasteiger partial charge on any atom is -0.462 e. The lowest BCUT2D eigenvalue weighted by molar-refractivity contribution is -0.167. The third kappa shape index (κ3) is 52.7. The van der Waals surface area contributed by atoms with Gasteiger partial charge in [-0.3, -0.25) is 14.4 Å². The van der Waals surface area contributed by atoms with Gasteiger partial charge in [-0.25, -0.2) is 0 Å². The summed E-state index contributed by atoms with van der Waals surface area (Å²) in [7, 11) is 0. The van der Waals surface area contributed by atoms with Crippen LogP contribution in [0.2, 0.25) is 0 Å². The van der Waals surface area contributed by atoms with Gasteiger partial charge >= 0.3 is 17.9 Å². The van der Waals surface area contributed by atoms with Crippen molar-refractivity contribution in [2.24, 2.45) is 0 Å². The Labute approximate surface area is 404 Å². The second kappa shape index (κ2) is 54.5. The van der Waals surface area contributed by atoms with Gasteiger partial charge < -0.3 is 14.2 Å². The van der Waals surface area contributed by atoms with Crippen molar-refractivity contribution in [1.29, 1.82) is 0 Å². The Bertz CT molecular complexity index is 1050. The van der Waals surface area contributed by atoms with Crippen molar-refractivity contribution in [2.75, 3.05) is 13.2 Å². The van der Waals surface area contributed by atoms with Crippen LogP contribution in [0.25, 0.3) is 0 Å². The fourth-order valence-electron chi connectivity index (χ4n) is 8.58. The Hall–Kier alpha value is -2.11. The molecule has 0 heterocycles. The zero-order valence-electron chi connectivity index (χ0n) is 43.8. The fourth-order valence-corrected chi connectivity index (χ4v) is 8.58. The minimum absolute atomic E-state index is 0.0715. The molecule has 0 amide bonds. The highest BCUT2D eigenvalue weighted by molar-refractivity contribution is 5.71. The summed E-state index contributed by atoms with van der Waals surface area (Å²) in [5.41, 5.74) is 0. The molecule has 0 radical (unpaired) electrons. The van der Waals surface area contributed by atoms with E-state index in [4.69, 9.17) is 14.2 Å². The smallest absolute Gasteiger partial charge is 0.306 e. The molecule has 0 rings (SSSR count). The summed E-state index contributed by atoms with van der Waals surface area (Å²) in [6, 6.07) is 0. The molecule has 0 bridgehead atoms. The number of allylic oxidation sites excluding steroid dienone is 4. The van der Waals surface area contributed by atoms with Crippen molar-refractivity contribution in [3.63, 3.8) is 0 Å². The van der Waals surface area contributed by atoms with E-state index >= 15 is 0 Å². The summed E-state index contributed by atoms with van der Waals surface area (Å²) in [5.74, 6) is -0.864. The van der Waals surface area contributed by atoms with Crippen LogP contribution < -0.4 is 0 Å². The largest absolute Gasteiger partial charge is 0.462 e. The van der Waals surface area contributed by atoms with Crippen LogP contribution in [0, 0.1) is 0 Å². The van der Waals surface area contributed by atoms with Gasteiger partial charge in [0.05, 0.1) is 0 Å². The van der Waals surface area contributed by atoms with Crippen molar-refractivity contribution in [3.05, 3.63) is 24.3 Å². The van der Waals surface area contributed by atoms with Gasteiger partial charge in [-0.1, -0.05) is 276 Å². The zero-order chi connectivity index (χ0) is 47.2. The highest BCUT2D eigenvalue weighted by Crippen LogP contribution is 2.17. The molecule has 6 nitrogen and oxygen atoms in total. The molecule has 6 heteroatoms. The van der Waals surface area contributed by atoms with Gasteiger partial charge in [0.25, 0.3) is 0 Å². The molecule has 0 aromatic carbocycles. The Kier molecular flexibility index (Phi) is 52.7. The summed E-state index contributed by atoms with van der Waals surface area (Å²) in [5, 5.41) is 0. The van der Waals surface area contributed by atoms with Crippen molar-refractivity contribution in [3.8, 4) is 0 Å². The Balaban J connectivity index is 4.30. The predicted octanol–water partition coefficient (Wildman–Crippen LogP) is 19.1. The first-order chi connectivity index (χ1) is 32.0. The van der Waals surface area contributed by atoms with Crippen molar-refractivity contribution in [1.82, 2.24) is 0 Å². The van der Waals surface area contributed by atoms with E-state index < -0.39 is 6.10 Å². The van der Waals surface area contributed by atoms with E-state index in [1.807, 2.05) is 0 Å². The van der Waals surface area contributed by atoms with E-state index in [9.17, 15) is 14.4 Å². The number of unbranched alkanes of at least 4 members (excludes halogenated alkanes) is 38. The van der Waals surface area contributed by atoms with Gasteiger partial charge in [-0.15, -0.1) is 0 Å². The monoisotopic (exact) mass is 915 g/mol. The first-order valence-corrected chi connectivity index (χ1v) is 28.8. The fraction of sp³-hybridized carbons (Fsp3) is 0.881. The summed E-state index contributed by atoms with van der Waals surface area (Å²) >= 11 is 0. The van der Waals surface area contributed by atoms with Crippen LogP contribution in [0.4, 0.5) is 0 Å². The molecule has 382 valence electrons. The molecule has 1 unspecified atom stereocenters. The number of carbonyl (C=O) groups is 3. The summed E-state index contributed by atoms with van der Waals surface area (Å²) < 4.78 is 16.9. The number of hydrogen-bond acceptors (Lipinski definition) is 6. The number of carbonyl (C=O) groups excluding carboxylic acids is 3. The first kappa shape index (κ1) is 62.9. The van der Waals surface area contributed by atoms with Crippen molar-refractivity contribution >= 4 is 17.9 Å². The van der Waals surface area contributed by atoms with Gasteiger partial charge in [-0.2, -0.15) is 0 Å². The van der Waals surface area contributed by atoms with Gasteiger partial charge in [0.2, 0.25) is 0 Å². The van der Waals surface area contributed by atoms with E-state index in [2.05, 4.69) is 45.1 Å². The molecule has 0 N–H and O–H groups in total. The molecule has 0 saturated carbocycles. The molecule has 0 saturated heterocycles. The maximum Gasteiger partial charge on any atom is 0.306 e. The van der Waals surface area contributed by atoms with Crippen molar-refractivity contribution < 1.29 is 28.6 Å². The molecule has 0 aliphatic rings. The predicted molar refractivity (Wildman–Crippen MR) is 279 cm³/mol. The van der Waals surface area contributed by atoms with E-state index in [1.165, 1.54) is 193 Å². The van der Waals surface area contributed by atoms with Crippen LogP contribution in [0.5, 0.6) is 0 Å². The normalized spacial score (nSPS) is 12.1. The molecule has 0 spiro atoms. The average Bonchev–Trinajstić information content (AvgIpc) is 3.30. The Morgan fingerprint density at radius 3 is 0.892 bits per heavy atom. The first-order valence-electron chi connectivity index (χ1n) is 28.8. The maximum absolute atomic E-state index is 12.8. The second-order valence-electron chi connectivity index (χ2n) is 19.6. The van der Waals surface area contributed by atoms with Crippen LogP contribution in [-0.4, -0.2) is 37.2 Å². The quantitative estimate of drug-likeness (QED) is 0.0262. The van der Waals surface area contributed by atoms with Crippen LogP contribution in [0.15, 0.2) is 24.3 Å². The third-order valence-corrected chi connectivity index (χ3v) is 13.0. The van der Waals surface area contributed by atoms with Gasteiger partial charge in [-0.05, 0) is 44.9 Å². The van der Waals surface area contributed by atoms with Crippen molar-refractivity contribution in [2.45, 2.75) is 322 Å². The van der Waals surface area contributed by atoms with Gasteiger partial charge in [0.1, 0.15) is 13.2 Å². The minimum atomic E-state index is -0.773. The summed E-state index contributed by atoms with van der Waals surface area (Å²) in [6.07, 6.45) is 63.1. The molecule has 1 atom stereocenters. The molecule has 0 fully saturated rings. The third-order valence-electron chi connectivity index (χ3n) is 13.0. The van der Waals surface area contributed by atoms with E-state index in [-0.39, 0.29) is 31.1 Å². The number of hydrogen-bond donors (Lipinski definition) is 0. The lowest BCUT2D eigenvalue weighted by Crippen LogP contribution is -2.30. The SMILES string of the molecule is CCCC/C=C\C/C=C\CCCCCCCC(=O)OC(COC(=O)CCCCCCCCCCCCCCCC)COC(=O)CCCCCCCCCCCCCCCCCCCCC. The highest BCUT2D eigenvalue weighted by Gasteiger charge is 2.19. The number of ether oxygens (including phenoxy) is 3. The topological polar surface area (TPSA) is 78.9 Å². The van der Waals surface area contributed by atoms with E-state index in [0.717, 1.165) is 83.5 Å². The van der Waals surface area contributed by atoms with Crippen LogP contribution in [0.3, 0.4) is 0 Å². The molecule has 65 heavy (non-hydrogen) atoms. The molecule has 0 aliphatic heterocycles. The molecule has 0 aliphatic carbocycles. The van der Waals surface area contributed by atoms with Crippen LogP contribution in [0.1, 0.15) is 316 Å². The highest BCUT2D eigenvalue weighted by atomic mass is 16.6. The Morgan fingerprint density at radius 2 is 0.569 bits per heavy atom. The Morgan fingerprint density at radius 1 is 0.308 bits per heavy atom. The average molecular weight is 916 g/mol. The number of rotatable bonds is 53. The summed E-state index contributed by atoms with van der Waals surface area (Å²) in [4.78, 5) is 38.1. The lowest BCUT2D eigenvalue weighted by Gasteiger charge is -2.18. The van der Waals surface area contributed by atoms with Crippen LogP contribution >= 0.6 is 0 Å². The van der Waals surface area contributed by atoms with E-state index in [1.54, 1.807) is 0 Å². The zero-order valence-corrected chi connectivity index (χ0v) is 43.8. The molecular weight excluding hydrogens is 805 g/mol. The second-order valence-corrected chi connectivity index (χ2v) is 19.6. The summed E-state index contributed by atoms with van der Waals surface area (Å²) in [6.45, 7) is 6.64.